The zero-order valence-corrected chi connectivity index (χ0v) is 16.8. The van der Waals surface area contributed by atoms with Crippen LogP contribution in [0.1, 0.15) is 40.2 Å². The largest absolute Gasteiger partial charge is 0.361 e. The Balaban J connectivity index is 0.00000243. The van der Waals surface area contributed by atoms with Gasteiger partial charge < -0.3 is 15.2 Å². The summed E-state index contributed by atoms with van der Waals surface area (Å²) in [5.74, 6) is 2.13. The minimum Gasteiger partial charge on any atom is -0.361 e. The fourth-order valence-corrected chi connectivity index (χ4v) is 4.27. The number of piperidine rings is 1. The third-order valence-electron chi connectivity index (χ3n) is 4.64. The molecule has 2 N–H and O–H groups in total. The second-order valence-electron chi connectivity index (χ2n) is 6.51. The van der Waals surface area contributed by atoms with Crippen LogP contribution in [0.25, 0.3) is 0 Å². The van der Waals surface area contributed by atoms with Gasteiger partial charge in [0.05, 0.1) is 11.3 Å². The van der Waals surface area contributed by atoms with E-state index in [-0.39, 0.29) is 18.3 Å². The van der Waals surface area contributed by atoms with Gasteiger partial charge in [0, 0.05) is 22.8 Å². The van der Waals surface area contributed by atoms with E-state index in [1.165, 1.54) is 12.8 Å². The lowest BCUT2D eigenvalue weighted by Crippen LogP contribution is -2.38. The lowest BCUT2D eigenvalue weighted by Gasteiger charge is -2.23. The Morgan fingerprint density at radius 2 is 2.19 bits per heavy atom. The number of nitrogens with one attached hydrogen (secondary N) is 2. The summed E-state index contributed by atoms with van der Waals surface area (Å²) >= 11 is 1.65. The molecule has 1 unspecified atom stereocenters. The molecule has 1 atom stereocenters. The maximum Gasteiger partial charge on any atom is 0.252 e. The monoisotopic (exact) mass is 395 g/mol. The van der Waals surface area contributed by atoms with Crippen LogP contribution in [0.2, 0.25) is 0 Å². The first-order valence-electron chi connectivity index (χ1n) is 8.77. The number of aromatic nitrogens is 1. The Morgan fingerprint density at radius 1 is 1.38 bits per heavy atom. The van der Waals surface area contributed by atoms with E-state index in [4.69, 9.17) is 4.52 Å². The molecular weight excluding hydrogens is 370 g/mol. The Kier molecular flexibility index (Phi) is 8.00. The molecule has 2 heterocycles. The van der Waals surface area contributed by atoms with Gasteiger partial charge in [-0.05, 0) is 57.8 Å². The Morgan fingerprint density at radius 3 is 2.88 bits per heavy atom. The van der Waals surface area contributed by atoms with Gasteiger partial charge in [0.2, 0.25) is 0 Å². The van der Waals surface area contributed by atoms with Crippen LogP contribution in [0.4, 0.5) is 0 Å². The van der Waals surface area contributed by atoms with Crippen molar-refractivity contribution in [1.82, 2.24) is 15.8 Å². The van der Waals surface area contributed by atoms with Gasteiger partial charge in [0.1, 0.15) is 5.76 Å². The van der Waals surface area contributed by atoms with Crippen LogP contribution in [0.5, 0.6) is 0 Å². The number of hydrogen-bond donors (Lipinski definition) is 2. The van der Waals surface area contributed by atoms with Crippen LogP contribution < -0.4 is 10.6 Å². The molecule has 0 bridgehead atoms. The third-order valence-corrected chi connectivity index (χ3v) is 5.74. The summed E-state index contributed by atoms with van der Waals surface area (Å²) in [5.41, 5.74) is 2.76. The number of amides is 1. The zero-order chi connectivity index (χ0) is 17.6. The van der Waals surface area contributed by atoms with Crippen molar-refractivity contribution in [3.63, 3.8) is 0 Å². The van der Waals surface area contributed by atoms with Gasteiger partial charge in [0.15, 0.2) is 0 Å². The second kappa shape index (κ2) is 10.00. The molecular formula is C19H26ClN3O2S. The molecule has 26 heavy (non-hydrogen) atoms. The molecule has 5 nitrogen and oxygen atoms in total. The number of thioether (sulfide) groups is 1. The molecule has 1 fully saturated rings. The highest BCUT2D eigenvalue weighted by atomic mass is 35.5. The fraction of sp³-hybridized carbons (Fsp3) is 0.474. The average Bonchev–Trinajstić information content (AvgIpc) is 2.97. The number of nitrogens with zero attached hydrogens (tertiary/aromatic N) is 1. The first-order chi connectivity index (χ1) is 12.1. The van der Waals surface area contributed by atoms with E-state index < -0.39 is 0 Å². The SMILES string of the molecule is Cc1noc(C)c1CSc1ccccc1C(=O)NCC1CCCNC1.Cl. The van der Waals surface area contributed by atoms with Crippen molar-refractivity contribution in [3.8, 4) is 0 Å². The van der Waals surface area contributed by atoms with Crippen molar-refractivity contribution >= 4 is 30.1 Å². The number of benzene rings is 1. The van der Waals surface area contributed by atoms with Gasteiger partial charge in [0.25, 0.3) is 5.91 Å². The number of rotatable bonds is 6. The van der Waals surface area contributed by atoms with Crippen LogP contribution in [-0.4, -0.2) is 30.7 Å². The van der Waals surface area contributed by atoms with Crippen molar-refractivity contribution in [3.05, 3.63) is 46.8 Å². The molecule has 0 aliphatic carbocycles. The van der Waals surface area contributed by atoms with Crippen LogP contribution >= 0.6 is 24.2 Å². The molecule has 142 valence electrons. The molecule has 1 amide bonds. The van der Waals surface area contributed by atoms with Crippen molar-refractivity contribution in [2.24, 2.45) is 5.92 Å². The molecule has 0 saturated carbocycles. The number of hydrogen-bond acceptors (Lipinski definition) is 5. The van der Waals surface area contributed by atoms with Gasteiger partial charge in [-0.25, -0.2) is 0 Å². The highest BCUT2D eigenvalue weighted by Crippen LogP contribution is 2.28. The predicted molar refractivity (Wildman–Crippen MR) is 107 cm³/mol. The molecule has 1 aliphatic heterocycles. The molecule has 1 aromatic carbocycles. The van der Waals surface area contributed by atoms with Crippen LogP contribution in [0.3, 0.4) is 0 Å². The Hall–Kier alpha value is -1.50. The fourth-order valence-electron chi connectivity index (χ4n) is 3.07. The standard InChI is InChI=1S/C19H25N3O2S.ClH/c1-13-17(14(2)24-22-13)12-25-18-8-4-3-7-16(18)19(23)21-11-15-6-5-9-20-10-15;/h3-4,7-8,15,20H,5-6,9-12H2,1-2H3,(H,21,23);1H. The molecule has 7 heteroatoms. The zero-order valence-electron chi connectivity index (χ0n) is 15.2. The summed E-state index contributed by atoms with van der Waals surface area (Å²) in [5, 5.41) is 10.5. The summed E-state index contributed by atoms with van der Waals surface area (Å²) in [4.78, 5) is 13.6. The van der Waals surface area contributed by atoms with Gasteiger partial charge in [-0.1, -0.05) is 17.3 Å². The van der Waals surface area contributed by atoms with Gasteiger partial charge in [-0.2, -0.15) is 0 Å². The summed E-state index contributed by atoms with van der Waals surface area (Å²) in [6.07, 6.45) is 2.36. The average molecular weight is 396 g/mol. The van der Waals surface area contributed by atoms with E-state index in [1.54, 1.807) is 11.8 Å². The summed E-state index contributed by atoms with van der Waals surface area (Å²) < 4.78 is 5.22. The van der Waals surface area contributed by atoms with E-state index in [2.05, 4.69) is 15.8 Å². The third kappa shape index (κ3) is 5.25. The highest BCUT2D eigenvalue weighted by molar-refractivity contribution is 7.98. The van der Waals surface area contributed by atoms with E-state index >= 15 is 0 Å². The van der Waals surface area contributed by atoms with Gasteiger partial charge in [-0.3, -0.25) is 4.79 Å². The van der Waals surface area contributed by atoms with Crippen LogP contribution in [0.15, 0.2) is 33.7 Å². The highest BCUT2D eigenvalue weighted by Gasteiger charge is 2.17. The summed E-state index contributed by atoms with van der Waals surface area (Å²) in [6.45, 7) is 6.68. The van der Waals surface area contributed by atoms with E-state index in [0.29, 0.717) is 5.92 Å². The molecule has 0 spiro atoms. The topological polar surface area (TPSA) is 67.2 Å². The molecule has 1 aliphatic rings. The molecule has 0 radical (unpaired) electrons. The summed E-state index contributed by atoms with van der Waals surface area (Å²) in [7, 11) is 0. The maximum atomic E-state index is 12.6. The van der Waals surface area contributed by atoms with Gasteiger partial charge in [-0.15, -0.1) is 24.2 Å². The Bertz CT molecular complexity index is 710. The maximum absolute atomic E-state index is 12.6. The van der Waals surface area contributed by atoms with Crippen molar-refractivity contribution in [2.75, 3.05) is 19.6 Å². The normalized spacial score (nSPS) is 16.8. The molecule has 1 saturated heterocycles. The number of carbonyl (C=O) groups is 1. The van der Waals surface area contributed by atoms with E-state index in [1.807, 2.05) is 38.1 Å². The van der Waals surface area contributed by atoms with Crippen LogP contribution in [-0.2, 0) is 5.75 Å². The lowest BCUT2D eigenvalue weighted by atomic mass is 10.00. The Labute approximate surface area is 165 Å². The molecule has 3 rings (SSSR count). The van der Waals surface area contributed by atoms with E-state index in [9.17, 15) is 4.79 Å². The number of carbonyl (C=O) groups excluding carboxylic acids is 1. The van der Waals surface area contributed by atoms with Gasteiger partial charge >= 0.3 is 0 Å². The van der Waals surface area contributed by atoms with Crippen molar-refractivity contribution in [1.29, 1.82) is 0 Å². The number of aryl methyl sites for hydroxylation is 2. The quantitative estimate of drug-likeness (QED) is 0.729. The number of halogens is 1. The summed E-state index contributed by atoms with van der Waals surface area (Å²) in [6, 6.07) is 7.78. The molecule has 2 aromatic rings. The lowest BCUT2D eigenvalue weighted by molar-refractivity contribution is 0.0942. The predicted octanol–water partition coefficient (Wildman–Crippen LogP) is 3.73. The van der Waals surface area contributed by atoms with Crippen LogP contribution in [0, 0.1) is 19.8 Å². The first kappa shape index (κ1) is 20.8. The minimum absolute atomic E-state index is 0. The van der Waals surface area contributed by atoms with E-state index in [0.717, 1.165) is 52.9 Å². The second-order valence-corrected chi connectivity index (χ2v) is 7.53. The minimum atomic E-state index is 0. The van der Waals surface area contributed by atoms with Crippen molar-refractivity contribution < 1.29 is 9.32 Å². The van der Waals surface area contributed by atoms with Crippen molar-refractivity contribution in [2.45, 2.75) is 37.3 Å². The molecule has 1 aromatic heterocycles. The first-order valence-corrected chi connectivity index (χ1v) is 9.76. The smallest absolute Gasteiger partial charge is 0.252 e.